The second-order valence-electron chi connectivity index (χ2n) is 5.76. The molecule has 1 aliphatic rings. The molecule has 20 heavy (non-hydrogen) atoms. The van der Waals surface area contributed by atoms with Crippen LogP contribution in [-0.2, 0) is 10.2 Å². The van der Waals surface area contributed by atoms with Crippen molar-refractivity contribution in [2.75, 3.05) is 13.1 Å². The van der Waals surface area contributed by atoms with E-state index in [0.29, 0.717) is 6.54 Å². The predicted octanol–water partition coefficient (Wildman–Crippen LogP) is 2.91. The van der Waals surface area contributed by atoms with E-state index in [1.165, 1.54) is 5.56 Å². The molecule has 0 bridgehead atoms. The number of hydrogen-bond acceptors (Lipinski definition) is 2. The summed E-state index contributed by atoms with van der Waals surface area (Å²) in [5.41, 5.74) is 1.08. The number of carbonyl (C=O) groups excluding carboxylic acids is 1. The Morgan fingerprint density at radius 1 is 1.40 bits per heavy atom. The van der Waals surface area contributed by atoms with Gasteiger partial charge in [0.1, 0.15) is 0 Å². The third-order valence-electron chi connectivity index (χ3n) is 3.71. The Hall–Kier alpha value is -0.770. The highest BCUT2D eigenvalue weighted by atomic mass is 35.5. The fourth-order valence-corrected chi connectivity index (χ4v) is 2.47. The maximum Gasteiger partial charge on any atom is 0.237 e. The summed E-state index contributed by atoms with van der Waals surface area (Å²) in [5, 5.41) is 6.99. The third kappa shape index (κ3) is 4.37. The van der Waals surface area contributed by atoms with Gasteiger partial charge in [-0.25, -0.2) is 0 Å². The lowest BCUT2D eigenvalue weighted by molar-refractivity contribution is -0.123. The fraction of sp³-hybridized carbons (Fsp3) is 0.533. The minimum absolute atomic E-state index is 0. The molecule has 0 aromatic heterocycles. The molecule has 0 aliphatic carbocycles. The Bertz CT molecular complexity index is 440. The van der Waals surface area contributed by atoms with E-state index in [2.05, 4.69) is 24.5 Å². The molecule has 1 unspecified atom stereocenters. The molecule has 1 saturated heterocycles. The molecule has 3 nitrogen and oxygen atoms in total. The molecule has 1 heterocycles. The van der Waals surface area contributed by atoms with Gasteiger partial charge in [-0.1, -0.05) is 37.6 Å². The molecule has 2 rings (SSSR count). The SMILES string of the molecule is CC(C)(CNC(=O)C1CCCN1)c1ccc(Cl)cc1.Cl. The lowest BCUT2D eigenvalue weighted by Crippen LogP contribution is -2.45. The van der Waals surface area contributed by atoms with Gasteiger partial charge in [-0.3, -0.25) is 4.79 Å². The van der Waals surface area contributed by atoms with Crippen LogP contribution in [0.3, 0.4) is 0 Å². The summed E-state index contributed by atoms with van der Waals surface area (Å²) in [7, 11) is 0. The summed E-state index contributed by atoms with van der Waals surface area (Å²) in [5.74, 6) is 0.111. The lowest BCUT2D eigenvalue weighted by atomic mass is 9.84. The Morgan fingerprint density at radius 3 is 2.60 bits per heavy atom. The zero-order valence-electron chi connectivity index (χ0n) is 11.9. The highest BCUT2D eigenvalue weighted by molar-refractivity contribution is 6.30. The summed E-state index contributed by atoms with van der Waals surface area (Å²) in [4.78, 5) is 12.0. The maximum absolute atomic E-state index is 12.0. The number of hydrogen-bond donors (Lipinski definition) is 2. The zero-order valence-corrected chi connectivity index (χ0v) is 13.5. The largest absolute Gasteiger partial charge is 0.354 e. The monoisotopic (exact) mass is 316 g/mol. The molecule has 1 amide bonds. The molecule has 0 spiro atoms. The van der Waals surface area contributed by atoms with E-state index < -0.39 is 0 Å². The first-order chi connectivity index (χ1) is 8.99. The highest BCUT2D eigenvalue weighted by Crippen LogP contribution is 2.24. The number of carbonyl (C=O) groups is 1. The van der Waals surface area contributed by atoms with E-state index in [1.807, 2.05) is 24.3 Å². The normalized spacial score (nSPS) is 18.4. The van der Waals surface area contributed by atoms with Gasteiger partial charge in [0.25, 0.3) is 0 Å². The van der Waals surface area contributed by atoms with Crippen molar-refractivity contribution in [3.63, 3.8) is 0 Å². The van der Waals surface area contributed by atoms with E-state index in [9.17, 15) is 4.79 Å². The van der Waals surface area contributed by atoms with Crippen LogP contribution in [0.1, 0.15) is 32.3 Å². The second kappa shape index (κ2) is 7.30. The van der Waals surface area contributed by atoms with E-state index in [0.717, 1.165) is 24.4 Å². The molecule has 1 aliphatic heterocycles. The standard InChI is InChI=1S/C15H21ClN2O.ClH/c1-15(2,11-5-7-12(16)8-6-11)10-18-14(19)13-4-3-9-17-13;/h5-8,13,17H,3-4,9-10H2,1-2H3,(H,18,19);1H. The van der Waals surface area contributed by atoms with Crippen molar-refractivity contribution < 1.29 is 4.79 Å². The van der Waals surface area contributed by atoms with Gasteiger partial charge in [0.2, 0.25) is 5.91 Å². The van der Waals surface area contributed by atoms with Crippen molar-refractivity contribution in [2.45, 2.75) is 38.1 Å². The first-order valence-corrected chi connectivity index (χ1v) is 7.14. The summed E-state index contributed by atoms with van der Waals surface area (Å²) >= 11 is 5.90. The first kappa shape index (κ1) is 17.3. The summed E-state index contributed by atoms with van der Waals surface area (Å²) in [6.07, 6.45) is 2.02. The number of amides is 1. The smallest absolute Gasteiger partial charge is 0.237 e. The van der Waals surface area contributed by atoms with E-state index in [-0.39, 0.29) is 29.8 Å². The maximum atomic E-state index is 12.0. The Balaban J connectivity index is 0.00000200. The number of rotatable bonds is 4. The van der Waals surface area contributed by atoms with Gasteiger partial charge in [-0.05, 0) is 37.1 Å². The molecule has 112 valence electrons. The molecular weight excluding hydrogens is 295 g/mol. The quantitative estimate of drug-likeness (QED) is 0.896. The summed E-state index contributed by atoms with van der Waals surface area (Å²) < 4.78 is 0. The number of benzene rings is 1. The molecule has 1 atom stereocenters. The fourth-order valence-electron chi connectivity index (χ4n) is 2.34. The number of halogens is 2. The van der Waals surface area contributed by atoms with Crippen molar-refractivity contribution in [1.82, 2.24) is 10.6 Å². The van der Waals surface area contributed by atoms with Gasteiger partial charge < -0.3 is 10.6 Å². The molecular formula is C15H22Cl2N2O. The molecule has 5 heteroatoms. The van der Waals surface area contributed by atoms with Crippen LogP contribution >= 0.6 is 24.0 Å². The van der Waals surface area contributed by atoms with Gasteiger partial charge in [-0.2, -0.15) is 0 Å². The van der Waals surface area contributed by atoms with Crippen LogP contribution in [0.2, 0.25) is 5.02 Å². The predicted molar refractivity (Wildman–Crippen MR) is 85.8 cm³/mol. The Morgan fingerprint density at radius 2 is 2.05 bits per heavy atom. The van der Waals surface area contributed by atoms with Crippen LogP contribution in [0, 0.1) is 0 Å². The molecule has 2 N–H and O–H groups in total. The van der Waals surface area contributed by atoms with E-state index in [4.69, 9.17) is 11.6 Å². The molecule has 1 aromatic carbocycles. The van der Waals surface area contributed by atoms with Gasteiger partial charge in [0.15, 0.2) is 0 Å². The highest BCUT2D eigenvalue weighted by Gasteiger charge is 2.25. The average molecular weight is 317 g/mol. The van der Waals surface area contributed by atoms with Crippen molar-refractivity contribution in [3.05, 3.63) is 34.9 Å². The van der Waals surface area contributed by atoms with Gasteiger partial charge in [0, 0.05) is 17.0 Å². The minimum atomic E-state index is -0.0984. The molecule has 1 aromatic rings. The van der Waals surface area contributed by atoms with Crippen LogP contribution in [0.25, 0.3) is 0 Å². The van der Waals surface area contributed by atoms with Crippen molar-refractivity contribution in [2.24, 2.45) is 0 Å². The van der Waals surface area contributed by atoms with E-state index in [1.54, 1.807) is 0 Å². The third-order valence-corrected chi connectivity index (χ3v) is 3.96. The summed E-state index contributed by atoms with van der Waals surface area (Å²) in [6.45, 7) is 5.82. The van der Waals surface area contributed by atoms with Crippen molar-refractivity contribution >= 4 is 29.9 Å². The topological polar surface area (TPSA) is 41.1 Å². The van der Waals surface area contributed by atoms with Crippen molar-refractivity contribution in [1.29, 1.82) is 0 Å². The Kier molecular flexibility index (Phi) is 6.31. The van der Waals surface area contributed by atoms with Crippen molar-refractivity contribution in [3.8, 4) is 0 Å². The molecule has 0 saturated carbocycles. The van der Waals surface area contributed by atoms with Crippen LogP contribution in [-0.4, -0.2) is 25.0 Å². The minimum Gasteiger partial charge on any atom is -0.354 e. The van der Waals surface area contributed by atoms with Crippen LogP contribution in [0.5, 0.6) is 0 Å². The second-order valence-corrected chi connectivity index (χ2v) is 6.19. The van der Waals surface area contributed by atoms with Crippen LogP contribution in [0.4, 0.5) is 0 Å². The Labute approximate surface area is 131 Å². The van der Waals surface area contributed by atoms with Crippen LogP contribution < -0.4 is 10.6 Å². The van der Waals surface area contributed by atoms with Gasteiger partial charge in [-0.15, -0.1) is 12.4 Å². The number of nitrogens with one attached hydrogen (secondary N) is 2. The summed E-state index contributed by atoms with van der Waals surface area (Å²) in [6, 6.07) is 7.80. The zero-order chi connectivity index (χ0) is 13.9. The lowest BCUT2D eigenvalue weighted by Gasteiger charge is -2.26. The first-order valence-electron chi connectivity index (χ1n) is 6.76. The van der Waals surface area contributed by atoms with E-state index >= 15 is 0 Å². The average Bonchev–Trinajstić information content (AvgIpc) is 2.90. The van der Waals surface area contributed by atoms with Gasteiger partial charge in [0.05, 0.1) is 6.04 Å². The van der Waals surface area contributed by atoms with Gasteiger partial charge >= 0.3 is 0 Å². The van der Waals surface area contributed by atoms with Crippen LogP contribution in [0.15, 0.2) is 24.3 Å². The molecule has 1 fully saturated rings. The molecule has 0 radical (unpaired) electrons.